The normalized spacial score (nSPS) is 12.5. The molecule has 0 aliphatic heterocycles. The number of anilines is 1. The Labute approximate surface area is 107 Å². The van der Waals surface area contributed by atoms with Crippen LogP contribution < -0.4 is 11.1 Å². The number of nitrogens with two attached hydrogens (primary N) is 1. The Hall–Kier alpha value is -1.29. The Morgan fingerprint density at radius 1 is 1.47 bits per heavy atom. The minimum atomic E-state index is -0.172. The molecule has 94 valence electrons. The summed E-state index contributed by atoms with van der Waals surface area (Å²) >= 11 is 5.74. The first kappa shape index (κ1) is 13.8. The van der Waals surface area contributed by atoms with Crippen molar-refractivity contribution in [2.24, 2.45) is 5.92 Å². The van der Waals surface area contributed by atoms with E-state index in [0.717, 1.165) is 6.42 Å². The number of hydrogen-bond acceptors (Lipinski definition) is 3. The van der Waals surface area contributed by atoms with Crippen molar-refractivity contribution >= 4 is 23.3 Å². The first-order chi connectivity index (χ1) is 7.88. The van der Waals surface area contributed by atoms with Crippen LogP contribution >= 0.6 is 11.6 Å². The maximum Gasteiger partial charge on any atom is 0.251 e. The molecule has 0 spiro atoms. The summed E-state index contributed by atoms with van der Waals surface area (Å²) in [5.74, 6) is 0.615. The number of amides is 1. The maximum absolute atomic E-state index is 11.9. The smallest absolute Gasteiger partial charge is 0.251 e. The zero-order valence-corrected chi connectivity index (χ0v) is 11.1. The van der Waals surface area contributed by atoms with Crippen molar-refractivity contribution in [1.29, 1.82) is 0 Å². The highest BCUT2D eigenvalue weighted by Gasteiger charge is 2.12. The highest BCUT2D eigenvalue weighted by Crippen LogP contribution is 2.13. The van der Waals surface area contributed by atoms with Gasteiger partial charge >= 0.3 is 0 Å². The number of nitrogen functional groups attached to an aromatic ring is 1. The van der Waals surface area contributed by atoms with Gasteiger partial charge in [-0.15, -0.1) is 0 Å². The van der Waals surface area contributed by atoms with Crippen molar-refractivity contribution in [3.8, 4) is 0 Å². The molecule has 3 N–H and O–H groups in total. The van der Waals surface area contributed by atoms with Crippen molar-refractivity contribution in [2.75, 3.05) is 5.73 Å². The second-order valence-corrected chi connectivity index (χ2v) is 4.99. The van der Waals surface area contributed by atoms with Crippen LogP contribution in [0.4, 0.5) is 5.82 Å². The van der Waals surface area contributed by atoms with Crippen LogP contribution in [-0.2, 0) is 0 Å². The number of aromatic nitrogens is 1. The van der Waals surface area contributed by atoms with Crippen LogP contribution in [0.2, 0.25) is 5.15 Å². The predicted octanol–water partition coefficient (Wildman–Crippen LogP) is 2.48. The number of nitrogens with one attached hydrogen (secondary N) is 1. The number of halogens is 1. The molecule has 4 nitrogen and oxygen atoms in total. The van der Waals surface area contributed by atoms with E-state index in [2.05, 4.69) is 24.1 Å². The van der Waals surface area contributed by atoms with Gasteiger partial charge in [0.15, 0.2) is 0 Å². The van der Waals surface area contributed by atoms with Gasteiger partial charge in [-0.3, -0.25) is 4.79 Å². The Morgan fingerprint density at radius 3 is 2.65 bits per heavy atom. The van der Waals surface area contributed by atoms with Crippen LogP contribution in [0, 0.1) is 5.92 Å². The molecule has 1 atom stereocenters. The summed E-state index contributed by atoms with van der Waals surface area (Å²) < 4.78 is 0. The van der Waals surface area contributed by atoms with Gasteiger partial charge in [0.2, 0.25) is 0 Å². The average molecular weight is 256 g/mol. The Bertz CT molecular complexity index is 386. The van der Waals surface area contributed by atoms with E-state index < -0.39 is 0 Å². The second-order valence-electron chi connectivity index (χ2n) is 4.61. The van der Waals surface area contributed by atoms with E-state index in [1.807, 2.05) is 6.92 Å². The van der Waals surface area contributed by atoms with E-state index in [9.17, 15) is 4.79 Å². The molecule has 0 aliphatic rings. The lowest BCUT2D eigenvalue weighted by molar-refractivity contribution is 0.0936. The van der Waals surface area contributed by atoms with Gasteiger partial charge in [0.05, 0.1) is 0 Å². The predicted molar refractivity (Wildman–Crippen MR) is 70.0 cm³/mol. The number of carbonyl (C=O) groups is 1. The molecule has 1 amide bonds. The van der Waals surface area contributed by atoms with Crippen LogP contribution in [0.5, 0.6) is 0 Å². The summed E-state index contributed by atoms with van der Waals surface area (Å²) in [6.07, 6.45) is 0.931. The third-order valence-electron chi connectivity index (χ3n) is 2.28. The van der Waals surface area contributed by atoms with Gasteiger partial charge in [-0.05, 0) is 31.4 Å². The standard InChI is InChI=1S/C12H18ClN3O/c1-7(2)4-8(3)15-12(17)9-5-10(13)16-11(14)6-9/h5-8H,4H2,1-3H3,(H2,14,16)(H,15,17). The lowest BCUT2D eigenvalue weighted by Crippen LogP contribution is -2.33. The largest absolute Gasteiger partial charge is 0.384 e. The molecule has 5 heteroatoms. The van der Waals surface area contributed by atoms with Gasteiger partial charge in [0, 0.05) is 11.6 Å². The third kappa shape index (κ3) is 4.61. The summed E-state index contributed by atoms with van der Waals surface area (Å²) in [6.45, 7) is 6.21. The second kappa shape index (κ2) is 5.87. The number of pyridine rings is 1. The fourth-order valence-corrected chi connectivity index (χ4v) is 1.94. The van der Waals surface area contributed by atoms with Crippen LogP contribution in [0.25, 0.3) is 0 Å². The van der Waals surface area contributed by atoms with E-state index in [1.165, 1.54) is 12.1 Å². The maximum atomic E-state index is 11.9. The van der Waals surface area contributed by atoms with Gasteiger partial charge in [-0.25, -0.2) is 4.98 Å². The van der Waals surface area contributed by atoms with Crippen LogP contribution in [-0.4, -0.2) is 16.9 Å². The van der Waals surface area contributed by atoms with Crippen LogP contribution in [0.3, 0.4) is 0 Å². The molecule has 0 aliphatic carbocycles. The quantitative estimate of drug-likeness (QED) is 0.813. The fraction of sp³-hybridized carbons (Fsp3) is 0.500. The zero-order valence-electron chi connectivity index (χ0n) is 10.3. The summed E-state index contributed by atoms with van der Waals surface area (Å²) in [7, 11) is 0. The van der Waals surface area contributed by atoms with E-state index in [4.69, 9.17) is 17.3 Å². The SMILES string of the molecule is CC(C)CC(C)NC(=O)c1cc(N)nc(Cl)c1. The molecule has 1 aromatic heterocycles. The minimum absolute atomic E-state index is 0.121. The van der Waals surface area contributed by atoms with Crippen molar-refractivity contribution < 1.29 is 4.79 Å². The average Bonchev–Trinajstić information content (AvgIpc) is 2.14. The summed E-state index contributed by atoms with van der Waals surface area (Å²) in [5, 5.41) is 3.13. The monoisotopic (exact) mass is 255 g/mol. The first-order valence-electron chi connectivity index (χ1n) is 5.62. The molecule has 0 saturated carbocycles. The highest BCUT2D eigenvalue weighted by atomic mass is 35.5. The molecule has 0 aromatic carbocycles. The number of rotatable bonds is 4. The number of nitrogens with zero attached hydrogens (tertiary/aromatic N) is 1. The number of carbonyl (C=O) groups excluding carboxylic acids is 1. The Kier molecular flexibility index (Phi) is 4.75. The van der Waals surface area contributed by atoms with E-state index in [-0.39, 0.29) is 22.9 Å². The number of hydrogen-bond donors (Lipinski definition) is 2. The lowest BCUT2D eigenvalue weighted by Gasteiger charge is -2.16. The molecule has 1 unspecified atom stereocenters. The molecule has 0 radical (unpaired) electrons. The zero-order chi connectivity index (χ0) is 13.0. The van der Waals surface area contributed by atoms with E-state index >= 15 is 0 Å². The summed E-state index contributed by atoms with van der Waals surface area (Å²) in [6, 6.07) is 3.15. The third-order valence-corrected chi connectivity index (χ3v) is 2.47. The van der Waals surface area contributed by atoms with Crippen molar-refractivity contribution in [3.05, 3.63) is 22.8 Å². The lowest BCUT2D eigenvalue weighted by atomic mass is 10.0. The molecule has 1 heterocycles. The molecule has 1 aromatic rings. The van der Waals surface area contributed by atoms with Gasteiger partial charge in [0.25, 0.3) is 5.91 Å². The van der Waals surface area contributed by atoms with Crippen molar-refractivity contribution in [1.82, 2.24) is 10.3 Å². The molecule has 0 bridgehead atoms. The minimum Gasteiger partial charge on any atom is -0.384 e. The first-order valence-corrected chi connectivity index (χ1v) is 6.00. The molecular weight excluding hydrogens is 238 g/mol. The fourth-order valence-electron chi connectivity index (χ4n) is 1.72. The van der Waals surface area contributed by atoms with Crippen molar-refractivity contribution in [2.45, 2.75) is 33.2 Å². The summed E-state index contributed by atoms with van der Waals surface area (Å²) in [4.78, 5) is 15.7. The van der Waals surface area contributed by atoms with Crippen LogP contribution in [0.1, 0.15) is 37.6 Å². The summed E-state index contributed by atoms with van der Waals surface area (Å²) in [5.41, 5.74) is 5.98. The molecule has 0 saturated heterocycles. The van der Waals surface area contributed by atoms with Gasteiger partial charge in [-0.2, -0.15) is 0 Å². The topological polar surface area (TPSA) is 68.0 Å². The van der Waals surface area contributed by atoms with E-state index in [1.54, 1.807) is 0 Å². The van der Waals surface area contributed by atoms with E-state index in [0.29, 0.717) is 11.5 Å². The highest BCUT2D eigenvalue weighted by molar-refractivity contribution is 6.29. The molecule has 0 fully saturated rings. The molecule has 1 rings (SSSR count). The van der Waals surface area contributed by atoms with Crippen molar-refractivity contribution in [3.63, 3.8) is 0 Å². The van der Waals surface area contributed by atoms with Gasteiger partial charge in [0.1, 0.15) is 11.0 Å². The van der Waals surface area contributed by atoms with Gasteiger partial charge in [-0.1, -0.05) is 25.4 Å². The van der Waals surface area contributed by atoms with Crippen LogP contribution in [0.15, 0.2) is 12.1 Å². The Morgan fingerprint density at radius 2 is 2.12 bits per heavy atom. The van der Waals surface area contributed by atoms with Gasteiger partial charge < -0.3 is 11.1 Å². The Balaban J connectivity index is 2.69. The molecular formula is C12H18ClN3O. The molecule has 17 heavy (non-hydrogen) atoms.